The summed E-state index contributed by atoms with van der Waals surface area (Å²) < 4.78 is 0. The van der Waals surface area contributed by atoms with E-state index < -0.39 is 0 Å². The second kappa shape index (κ2) is 6.36. The largest absolute Gasteiger partial charge is 0.394 e. The molecule has 106 valence electrons. The van der Waals surface area contributed by atoms with Gasteiger partial charge >= 0.3 is 0 Å². The van der Waals surface area contributed by atoms with Gasteiger partial charge in [-0.1, -0.05) is 12.8 Å². The summed E-state index contributed by atoms with van der Waals surface area (Å²) in [6.45, 7) is 4.76. The molecule has 18 heavy (non-hydrogen) atoms. The van der Waals surface area contributed by atoms with E-state index in [1.54, 1.807) is 0 Å². The van der Waals surface area contributed by atoms with Gasteiger partial charge in [0, 0.05) is 18.1 Å². The standard InChI is InChI=1S/C15H30N2O/c1-15(12-18,16-2)9-11-17-10-5-7-13-6-3-4-8-14(13)17/h13-14,16,18H,3-12H2,1-2H3. The molecule has 0 radical (unpaired) electrons. The predicted molar refractivity (Wildman–Crippen MR) is 75.7 cm³/mol. The van der Waals surface area contributed by atoms with Crippen molar-refractivity contribution in [3.63, 3.8) is 0 Å². The first kappa shape index (κ1) is 14.3. The second-order valence-electron chi connectivity index (χ2n) is 6.51. The van der Waals surface area contributed by atoms with Gasteiger partial charge in [0.1, 0.15) is 0 Å². The van der Waals surface area contributed by atoms with E-state index in [4.69, 9.17) is 0 Å². The van der Waals surface area contributed by atoms with Crippen molar-refractivity contribution in [3.8, 4) is 0 Å². The number of fused-ring (bicyclic) bond motifs is 1. The van der Waals surface area contributed by atoms with Crippen molar-refractivity contribution in [2.45, 2.75) is 63.5 Å². The van der Waals surface area contributed by atoms with Crippen LogP contribution in [-0.4, -0.2) is 48.3 Å². The third-order valence-electron chi connectivity index (χ3n) is 5.26. The molecule has 0 bridgehead atoms. The molecule has 0 aromatic heterocycles. The molecule has 3 atom stereocenters. The Bertz CT molecular complexity index is 251. The highest BCUT2D eigenvalue weighted by Crippen LogP contribution is 2.35. The number of aliphatic hydroxyl groups is 1. The fourth-order valence-corrected chi connectivity index (χ4v) is 3.68. The normalized spacial score (nSPS) is 32.8. The van der Waals surface area contributed by atoms with Crippen LogP contribution in [0.3, 0.4) is 0 Å². The van der Waals surface area contributed by atoms with Crippen LogP contribution in [0, 0.1) is 5.92 Å². The Morgan fingerprint density at radius 1 is 1.22 bits per heavy atom. The molecule has 1 heterocycles. The highest BCUT2D eigenvalue weighted by atomic mass is 16.3. The van der Waals surface area contributed by atoms with Crippen LogP contribution in [0.4, 0.5) is 0 Å². The zero-order chi connectivity index (χ0) is 13.0. The number of likely N-dealkylation sites (N-methyl/N-ethyl adjacent to an activating group) is 1. The monoisotopic (exact) mass is 254 g/mol. The topological polar surface area (TPSA) is 35.5 Å². The van der Waals surface area contributed by atoms with Gasteiger partial charge < -0.3 is 15.3 Å². The first-order valence-corrected chi connectivity index (χ1v) is 7.72. The van der Waals surface area contributed by atoms with Crippen LogP contribution < -0.4 is 5.32 Å². The molecule has 1 saturated carbocycles. The Hall–Kier alpha value is -0.120. The van der Waals surface area contributed by atoms with Gasteiger partial charge in [-0.05, 0) is 58.5 Å². The SMILES string of the molecule is CNC(C)(CO)CCN1CCCC2CCCCC21. The maximum absolute atomic E-state index is 9.47. The van der Waals surface area contributed by atoms with Crippen molar-refractivity contribution in [1.82, 2.24) is 10.2 Å². The van der Waals surface area contributed by atoms with Gasteiger partial charge in [-0.3, -0.25) is 0 Å². The lowest BCUT2D eigenvalue weighted by molar-refractivity contribution is 0.0485. The lowest BCUT2D eigenvalue weighted by Gasteiger charge is -2.45. The van der Waals surface area contributed by atoms with E-state index in [1.165, 1.54) is 45.1 Å². The second-order valence-corrected chi connectivity index (χ2v) is 6.51. The third-order valence-corrected chi connectivity index (χ3v) is 5.26. The van der Waals surface area contributed by atoms with E-state index in [9.17, 15) is 5.11 Å². The highest BCUT2D eigenvalue weighted by molar-refractivity contribution is 4.89. The smallest absolute Gasteiger partial charge is 0.0610 e. The molecule has 0 aromatic carbocycles. The lowest BCUT2D eigenvalue weighted by Crippen LogP contribution is -2.51. The van der Waals surface area contributed by atoms with E-state index in [1.807, 2.05) is 7.05 Å². The molecule has 3 heteroatoms. The van der Waals surface area contributed by atoms with Crippen LogP contribution in [0.15, 0.2) is 0 Å². The molecule has 1 aliphatic heterocycles. The van der Waals surface area contributed by atoms with E-state index in [-0.39, 0.29) is 12.1 Å². The van der Waals surface area contributed by atoms with Crippen LogP contribution in [0.2, 0.25) is 0 Å². The highest BCUT2D eigenvalue weighted by Gasteiger charge is 2.33. The summed E-state index contributed by atoms with van der Waals surface area (Å²) in [7, 11) is 1.95. The van der Waals surface area contributed by atoms with E-state index in [2.05, 4.69) is 17.1 Å². The summed E-state index contributed by atoms with van der Waals surface area (Å²) in [5, 5.41) is 12.7. The zero-order valence-corrected chi connectivity index (χ0v) is 12.1. The Morgan fingerprint density at radius 3 is 2.67 bits per heavy atom. The Labute approximate surface area is 112 Å². The summed E-state index contributed by atoms with van der Waals surface area (Å²) in [5.41, 5.74) is -0.110. The van der Waals surface area contributed by atoms with Gasteiger partial charge in [-0.15, -0.1) is 0 Å². The molecule has 0 aromatic rings. The lowest BCUT2D eigenvalue weighted by atomic mass is 9.78. The Kier molecular flexibility index (Phi) is 5.05. The minimum absolute atomic E-state index is 0.110. The summed E-state index contributed by atoms with van der Waals surface area (Å²) >= 11 is 0. The molecule has 2 rings (SSSR count). The average molecular weight is 254 g/mol. The van der Waals surface area contributed by atoms with Crippen LogP contribution in [0.25, 0.3) is 0 Å². The van der Waals surface area contributed by atoms with Crippen LogP contribution in [0.1, 0.15) is 51.9 Å². The predicted octanol–water partition coefficient (Wildman–Crippen LogP) is 2.00. The number of rotatable bonds is 5. The molecule has 2 fully saturated rings. The molecule has 3 nitrogen and oxygen atoms in total. The fourth-order valence-electron chi connectivity index (χ4n) is 3.68. The molecule has 0 spiro atoms. The third kappa shape index (κ3) is 3.25. The number of likely N-dealkylation sites (tertiary alicyclic amines) is 1. The number of aliphatic hydroxyl groups excluding tert-OH is 1. The summed E-state index contributed by atoms with van der Waals surface area (Å²) in [4.78, 5) is 2.71. The van der Waals surface area contributed by atoms with Gasteiger partial charge in [-0.25, -0.2) is 0 Å². The van der Waals surface area contributed by atoms with Gasteiger partial charge in [0.2, 0.25) is 0 Å². The Balaban J connectivity index is 1.87. The van der Waals surface area contributed by atoms with Crippen LogP contribution in [0.5, 0.6) is 0 Å². The maximum atomic E-state index is 9.47. The van der Waals surface area contributed by atoms with Crippen LogP contribution >= 0.6 is 0 Å². The van der Waals surface area contributed by atoms with Crippen molar-refractivity contribution in [2.24, 2.45) is 5.92 Å². The van der Waals surface area contributed by atoms with Crippen molar-refractivity contribution >= 4 is 0 Å². The Morgan fingerprint density at radius 2 is 1.94 bits per heavy atom. The number of hydrogen-bond acceptors (Lipinski definition) is 3. The van der Waals surface area contributed by atoms with E-state index in [0.29, 0.717) is 0 Å². The maximum Gasteiger partial charge on any atom is 0.0610 e. The number of piperidine rings is 1. The van der Waals surface area contributed by atoms with Gasteiger partial charge in [0.05, 0.1) is 6.61 Å². The summed E-state index contributed by atoms with van der Waals surface area (Å²) in [6.07, 6.45) is 9.58. The van der Waals surface area contributed by atoms with Gasteiger partial charge in [0.15, 0.2) is 0 Å². The first-order chi connectivity index (χ1) is 8.68. The first-order valence-electron chi connectivity index (χ1n) is 7.72. The molecule has 1 saturated heterocycles. The van der Waals surface area contributed by atoms with E-state index in [0.717, 1.165) is 24.9 Å². The summed E-state index contributed by atoms with van der Waals surface area (Å²) in [5.74, 6) is 0.961. The summed E-state index contributed by atoms with van der Waals surface area (Å²) in [6, 6.07) is 0.840. The number of nitrogens with one attached hydrogen (secondary N) is 1. The number of nitrogens with zero attached hydrogens (tertiary/aromatic N) is 1. The molecular weight excluding hydrogens is 224 g/mol. The fraction of sp³-hybridized carbons (Fsp3) is 1.00. The van der Waals surface area contributed by atoms with Crippen molar-refractivity contribution < 1.29 is 5.11 Å². The van der Waals surface area contributed by atoms with Crippen molar-refractivity contribution in [1.29, 1.82) is 0 Å². The van der Waals surface area contributed by atoms with Crippen molar-refractivity contribution in [2.75, 3.05) is 26.7 Å². The molecule has 2 N–H and O–H groups in total. The van der Waals surface area contributed by atoms with Gasteiger partial charge in [0.25, 0.3) is 0 Å². The molecule has 1 aliphatic carbocycles. The van der Waals surface area contributed by atoms with Crippen LogP contribution in [-0.2, 0) is 0 Å². The minimum atomic E-state index is -0.110. The zero-order valence-electron chi connectivity index (χ0n) is 12.1. The van der Waals surface area contributed by atoms with Gasteiger partial charge in [-0.2, -0.15) is 0 Å². The molecule has 2 aliphatic rings. The minimum Gasteiger partial charge on any atom is -0.394 e. The molecular formula is C15H30N2O. The quantitative estimate of drug-likeness (QED) is 0.788. The molecule has 0 amide bonds. The average Bonchev–Trinajstić information content (AvgIpc) is 2.44. The van der Waals surface area contributed by atoms with E-state index >= 15 is 0 Å². The van der Waals surface area contributed by atoms with Crippen molar-refractivity contribution in [3.05, 3.63) is 0 Å². The number of hydrogen-bond donors (Lipinski definition) is 2. The molecule has 3 unspecified atom stereocenters.